The number of allylic oxidation sites excluding steroid dienone is 7. The Labute approximate surface area is 257 Å². The number of aliphatic hydroxyl groups excluding tert-OH is 1. The summed E-state index contributed by atoms with van der Waals surface area (Å²) in [6.07, 6.45) is 13.2. The lowest BCUT2D eigenvalue weighted by Crippen LogP contribution is -2.65. The van der Waals surface area contributed by atoms with Gasteiger partial charge in [0, 0.05) is 49.8 Å². The first kappa shape index (κ1) is 30.4. The van der Waals surface area contributed by atoms with Gasteiger partial charge in [0.1, 0.15) is 0 Å². The molecule has 0 aromatic carbocycles. The molecule has 43 heavy (non-hydrogen) atoms. The molecule has 234 valence electrons. The van der Waals surface area contributed by atoms with Crippen molar-refractivity contribution in [3.8, 4) is 0 Å². The quantitative estimate of drug-likeness (QED) is 0.403. The predicted molar refractivity (Wildman–Crippen MR) is 168 cm³/mol. The van der Waals surface area contributed by atoms with E-state index in [9.17, 15) is 19.5 Å². The summed E-state index contributed by atoms with van der Waals surface area (Å²) in [6, 6.07) is 0. The van der Waals surface area contributed by atoms with E-state index in [-0.39, 0.29) is 45.0 Å². The maximum Gasteiger partial charge on any atom is 0.312 e. The van der Waals surface area contributed by atoms with E-state index in [1.807, 2.05) is 14.0 Å². The number of fused-ring (bicyclic) bond motifs is 7. The third kappa shape index (κ3) is 4.12. The van der Waals surface area contributed by atoms with Crippen LogP contribution in [0.5, 0.6) is 0 Å². The molecule has 4 fully saturated rings. The number of piperazine rings is 1. The highest BCUT2D eigenvalue weighted by Crippen LogP contribution is 2.75. The number of carbonyl (C=O) groups is 3. The van der Waals surface area contributed by atoms with Crippen LogP contribution in [0.15, 0.2) is 46.3 Å². The van der Waals surface area contributed by atoms with Crippen LogP contribution in [0.1, 0.15) is 86.5 Å². The van der Waals surface area contributed by atoms with Crippen molar-refractivity contribution in [3.05, 3.63) is 46.3 Å². The highest BCUT2D eigenvalue weighted by molar-refractivity contribution is 6.35. The van der Waals surface area contributed by atoms with E-state index in [2.05, 4.69) is 58.7 Å². The molecule has 3 saturated carbocycles. The Morgan fingerprint density at radius 2 is 1.58 bits per heavy atom. The highest BCUT2D eigenvalue weighted by atomic mass is 16.3. The van der Waals surface area contributed by atoms with Crippen LogP contribution in [0.3, 0.4) is 0 Å². The van der Waals surface area contributed by atoms with Crippen LogP contribution in [-0.4, -0.2) is 83.2 Å². The molecular weight excluding hydrogens is 538 g/mol. The van der Waals surface area contributed by atoms with E-state index >= 15 is 0 Å². The fraction of sp³-hybridized carbons (Fsp3) is 0.694. The summed E-state index contributed by atoms with van der Waals surface area (Å²) < 4.78 is 0. The Morgan fingerprint density at radius 3 is 2.26 bits per heavy atom. The van der Waals surface area contributed by atoms with Crippen molar-refractivity contribution in [2.45, 2.75) is 92.0 Å². The average Bonchev–Trinajstić information content (AvgIpc) is 2.98. The van der Waals surface area contributed by atoms with Gasteiger partial charge in [-0.1, -0.05) is 45.4 Å². The minimum atomic E-state index is -0.392. The Hall–Kier alpha value is -2.67. The topological polar surface area (TPSA) is 81.2 Å². The lowest BCUT2D eigenvalue weighted by atomic mass is 9.35. The van der Waals surface area contributed by atoms with Crippen molar-refractivity contribution in [1.82, 2.24) is 14.7 Å². The number of amides is 2. The van der Waals surface area contributed by atoms with Gasteiger partial charge in [0.15, 0.2) is 5.76 Å². The number of carbonyl (C=O) groups excluding carboxylic acids is 3. The summed E-state index contributed by atoms with van der Waals surface area (Å²) in [5.74, 6) is -0.775. The largest absolute Gasteiger partial charge is 0.504 e. The zero-order valence-electron chi connectivity index (χ0n) is 27.6. The van der Waals surface area contributed by atoms with Crippen LogP contribution in [0, 0.1) is 27.6 Å². The molecule has 6 atom stereocenters. The van der Waals surface area contributed by atoms with Gasteiger partial charge < -0.3 is 19.8 Å². The van der Waals surface area contributed by atoms with Crippen LogP contribution >= 0.6 is 0 Å². The van der Waals surface area contributed by atoms with Crippen LogP contribution in [0.25, 0.3) is 0 Å². The molecular formula is C36H51N3O4. The van der Waals surface area contributed by atoms with Gasteiger partial charge in [-0.25, -0.2) is 0 Å². The third-order valence-electron chi connectivity index (χ3n) is 13.9. The van der Waals surface area contributed by atoms with Crippen molar-refractivity contribution in [3.63, 3.8) is 0 Å². The van der Waals surface area contributed by atoms with Crippen LogP contribution in [-0.2, 0) is 14.4 Å². The normalized spacial score (nSPS) is 41.2. The van der Waals surface area contributed by atoms with Gasteiger partial charge in [0.05, 0.1) is 0 Å². The Morgan fingerprint density at radius 1 is 0.930 bits per heavy atom. The van der Waals surface area contributed by atoms with Gasteiger partial charge in [0.2, 0.25) is 5.78 Å². The maximum atomic E-state index is 13.7. The number of likely N-dealkylation sites (N-methyl/N-ethyl adjacent to an activating group) is 2. The molecule has 6 aliphatic rings. The number of hydrogen-bond acceptors (Lipinski definition) is 5. The van der Waals surface area contributed by atoms with E-state index in [0.717, 1.165) is 69.2 Å². The molecule has 0 aromatic heterocycles. The molecule has 0 radical (unpaired) electrons. The van der Waals surface area contributed by atoms with E-state index in [1.54, 1.807) is 15.9 Å². The predicted octanol–water partition coefficient (Wildman–Crippen LogP) is 5.60. The van der Waals surface area contributed by atoms with Gasteiger partial charge in [-0.15, -0.1) is 0 Å². The molecule has 1 heterocycles. The molecule has 7 heteroatoms. The van der Waals surface area contributed by atoms with Crippen molar-refractivity contribution < 1.29 is 19.5 Å². The maximum absolute atomic E-state index is 13.7. The second-order valence-electron chi connectivity index (χ2n) is 16.0. The lowest BCUT2D eigenvalue weighted by molar-refractivity contribution is -0.173. The van der Waals surface area contributed by atoms with Gasteiger partial charge in [0.25, 0.3) is 0 Å². The molecule has 7 nitrogen and oxygen atoms in total. The Bertz CT molecular complexity index is 1410. The molecule has 0 spiro atoms. The first-order valence-electron chi connectivity index (χ1n) is 16.4. The second-order valence-corrected chi connectivity index (χ2v) is 16.0. The van der Waals surface area contributed by atoms with E-state index in [1.165, 1.54) is 5.57 Å². The summed E-state index contributed by atoms with van der Waals surface area (Å²) in [5, 5.41) is 10.4. The first-order chi connectivity index (χ1) is 20.0. The molecule has 6 rings (SSSR count). The number of aliphatic hydroxyl groups is 1. The Kier molecular flexibility index (Phi) is 6.82. The smallest absolute Gasteiger partial charge is 0.312 e. The molecule has 1 aliphatic heterocycles. The van der Waals surface area contributed by atoms with Gasteiger partial charge >= 0.3 is 11.8 Å². The van der Waals surface area contributed by atoms with E-state index < -0.39 is 5.54 Å². The zero-order chi connectivity index (χ0) is 31.3. The molecule has 0 unspecified atom stereocenters. The van der Waals surface area contributed by atoms with Gasteiger partial charge in [-0.05, 0) is 105 Å². The van der Waals surface area contributed by atoms with E-state index in [4.69, 9.17) is 0 Å². The zero-order valence-corrected chi connectivity index (χ0v) is 27.6. The van der Waals surface area contributed by atoms with E-state index in [0.29, 0.717) is 24.6 Å². The monoisotopic (exact) mass is 589 g/mol. The Balaban J connectivity index is 1.32. The standard InChI is InChI=1S/C36H51N3O4/c1-23-24-9-10-27-34(4,25(24)21-26(40)29(23)41)14-16-36(6)28-22-33(3,13-11-32(28,2)12-15-35(27,36)5)38(8)30(42)31(43)39-19-17-37(7)18-20-39/h9-10,21,28,41H,11-20,22H2,1-8H3/t28-,32-,33-,34+,35-,36+/m1/s1. The summed E-state index contributed by atoms with van der Waals surface area (Å²) in [4.78, 5) is 45.5. The van der Waals surface area contributed by atoms with Crippen LogP contribution < -0.4 is 0 Å². The van der Waals surface area contributed by atoms with Crippen LogP contribution in [0.4, 0.5) is 0 Å². The highest BCUT2D eigenvalue weighted by Gasteiger charge is 2.67. The molecule has 1 saturated heterocycles. The third-order valence-corrected chi connectivity index (χ3v) is 13.9. The summed E-state index contributed by atoms with van der Waals surface area (Å²) >= 11 is 0. The van der Waals surface area contributed by atoms with Gasteiger partial charge in [-0.2, -0.15) is 0 Å². The van der Waals surface area contributed by atoms with Crippen molar-refractivity contribution >= 4 is 17.6 Å². The molecule has 0 aromatic rings. The summed E-state index contributed by atoms with van der Waals surface area (Å²) in [6.45, 7) is 16.6. The molecule has 1 N–H and O–H groups in total. The van der Waals surface area contributed by atoms with Gasteiger partial charge in [-0.3, -0.25) is 14.4 Å². The van der Waals surface area contributed by atoms with Crippen molar-refractivity contribution in [2.75, 3.05) is 40.3 Å². The lowest BCUT2D eigenvalue weighted by Gasteiger charge is -2.70. The molecule has 0 bridgehead atoms. The second kappa shape index (κ2) is 9.66. The average molecular weight is 590 g/mol. The SMILES string of the molecule is CC1=C(O)C(=O)C=C2C1=CC=C1[C@@]2(C)CC[C@@]2(C)[C@@H]3C[C@](C)(N(C)C(=O)C(=O)N4CCN(C)CC4)CC[C@]3(C)CC[C@]12C. The first-order valence-corrected chi connectivity index (χ1v) is 16.4. The minimum absolute atomic E-state index is 0.00399. The molecule has 2 amide bonds. The van der Waals surface area contributed by atoms with Crippen molar-refractivity contribution in [2.24, 2.45) is 27.6 Å². The fourth-order valence-electron chi connectivity index (χ4n) is 10.3. The fourth-order valence-corrected chi connectivity index (χ4v) is 10.3. The van der Waals surface area contributed by atoms with Crippen LogP contribution in [0.2, 0.25) is 0 Å². The summed E-state index contributed by atoms with van der Waals surface area (Å²) in [5.41, 5.74) is 3.58. The number of ketones is 1. The van der Waals surface area contributed by atoms with Crippen molar-refractivity contribution in [1.29, 1.82) is 0 Å². The summed E-state index contributed by atoms with van der Waals surface area (Å²) in [7, 11) is 3.91. The molecule has 5 aliphatic carbocycles. The minimum Gasteiger partial charge on any atom is -0.504 e. The number of nitrogens with zero attached hydrogens (tertiary/aromatic N) is 3. The number of rotatable bonds is 1. The number of hydrogen-bond donors (Lipinski definition) is 1.